The van der Waals surface area contributed by atoms with E-state index in [1.165, 1.54) is 0 Å². The van der Waals surface area contributed by atoms with Gasteiger partial charge in [0.15, 0.2) is 0 Å². The molecule has 1 aliphatic rings. The van der Waals surface area contributed by atoms with E-state index in [0.29, 0.717) is 18.7 Å². The summed E-state index contributed by atoms with van der Waals surface area (Å²) in [6.45, 7) is 3.64. The number of hydrogen-bond donors (Lipinski definition) is 3. The Balaban J connectivity index is 0.00000162. The van der Waals surface area contributed by atoms with Gasteiger partial charge in [0.2, 0.25) is 0 Å². The van der Waals surface area contributed by atoms with Crippen LogP contribution >= 0.6 is 24.8 Å². The van der Waals surface area contributed by atoms with Crippen molar-refractivity contribution in [2.45, 2.75) is 13.0 Å². The van der Waals surface area contributed by atoms with Crippen molar-refractivity contribution in [1.29, 1.82) is 0 Å². The Hall–Kier alpha value is -0.880. The molecule has 1 amide bonds. The molecule has 7 heteroatoms. The van der Waals surface area contributed by atoms with E-state index >= 15 is 0 Å². The number of nitrogens with zero attached hydrogens (tertiary/aromatic N) is 1. The van der Waals surface area contributed by atoms with Gasteiger partial charge in [0.1, 0.15) is 0 Å². The number of aryl methyl sites for hydroxylation is 1. The fraction of sp³-hybridized carbons (Fsp3) is 0.500. The smallest absolute Gasteiger partial charge is 0.253 e. The Morgan fingerprint density at radius 3 is 2.84 bits per heavy atom. The van der Waals surface area contributed by atoms with Crippen molar-refractivity contribution >= 4 is 30.7 Å². The van der Waals surface area contributed by atoms with Gasteiger partial charge in [-0.3, -0.25) is 9.78 Å². The van der Waals surface area contributed by atoms with Crippen LogP contribution in [0.25, 0.3) is 0 Å². The summed E-state index contributed by atoms with van der Waals surface area (Å²) in [6.07, 6.45) is 1.29. The van der Waals surface area contributed by atoms with E-state index in [2.05, 4.69) is 15.6 Å². The third-order valence-electron chi connectivity index (χ3n) is 3.08. The molecule has 0 spiro atoms. The van der Waals surface area contributed by atoms with Crippen molar-refractivity contribution in [3.05, 3.63) is 29.6 Å². The maximum absolute atomic E-state index is 11.9. The third-order valence-corrected chi connectivity index (χ3v) is 3.08. The zero-order chi connectivity index (χ0) is 12.3. The number of hydrogen-bond acceptors (Lipinski definition) is 4. The predicted octanol–water partition coefficient (Wildman–Crippen LogP) is 0.544. The second-order valence-electron chi connectivity index (χ2n) is 4.33. The predicted molar refractivity (Wildman–Crippen MR) is 78.2 cm³/mol. The molecule has 0 saturated carbocycles. The average Bonchev–Trinajstić information content (AvgIpc) is 2.72. The maximum atomic E-state index is 11.9. The molecule has 0 aromatic carbocycles. The van der Waals surface area contributed by atoms with Crippen LogP contribution in [-0.2, 0) is 0 Å². The van der Waals surface area contributed by atoms with Crippen LogP contribution < -0.4 is 10.6 Å². The van der Waals surface area contributed by atoms with Gasteiger partial charge < -0.3 is 15.7 Å². The van der Waals surface area contributed by atoms with E-state index in [1.54, 1.807) is 25.3 Å². The molecule has 1 fully saturated rings. The molecule has 108 valence electrons. The van der Waals surface area contributed by atoms with Crippen LogP contribution in [-0.4, -0.2) is 41.7 Å². The summed E-state index contributed by atoms with van der Waals surface area (Å²) < 4.78 is 0. The molecular weight excluding hydrogens is 289 g/mol. The Kier molecular flexibility index (Phi) is 7.94. The van der Waals surface area contributed by atoms with Crippen LogP contribution in [0.3, 0.4) is 0 Å². The lowest BCUT2D eigenvalue weighted by atomic mass is 10.1. The number of pyridine rings is 1. The van der Waals surface area contributed by atoms with Crippen LogP contribution in [0.2, 0.25) is 0 Å². The number of rotatable bonds is 3. The number of β-amino-alcohol motifs (C(OH)–C–C–N with tert-alkyl or cyclic N) is 1. The summed E-state index contributed by atoms with van der Waals surface area (Å²) in [5, 5.41) is 15.5. The van der Waals surface area contributed by atoms with Gasteiger partial charge in [-0.05, 0) is 19.1 Å². The summed E-state index contributed by atoms with van der Waals surface area (Å²) in [5.41, 5.74) is 1.31. The largest absolute Gasteiger partial charge is 0.391 e. The molecule has 1 aliphatic heterocycles. The standard InChI is InChI=1S/C12H17N3O2.2ClH/c1-8-10(3-2-4-14-8)12(17)15-6-9-5-13-7-11(9)16;;/h2-4,9,11,13,16H,5-7H2,1H3,(H,15,17);2*1H. The number of halogens is 2. The van der Waals surface area contributed by atoms with Gasteiger partial charge in [-0.25, -0.2) is 0 Å². The number of carbonyl (C=O) groups excluding carboxylic acids is 1. The second-order valence-corrected chi connectivity index (χ2v) is 4.33. The molecule has 1 saturated heterocycles. The molecule has 2 heterocycles. The van der Waals surface area contributed by atoms with Gasteiger partial charge in [-0.1, -0.05) is 0 Å². The zero-order valence-corrected chi connectivity index (χ0v) is 12.3. The number of amides is 1. The summed E-state index contributed by atoms with van der Waals surface area (Å²) >= 11 is 0. The van der Waals surface area contributed by atoms with Crippen LogP contribution in [0.5, 0.6) is 0 Å². The number of aliphatic hydroxyl groups excluding tert-OH is 1. The van der Waals surface area contributed by atoms with Crippen molar-refractivity contribution in [3.8, 4) is 0 Å². The lowest BCUT2D eigenvalue weighted by molar-refractivity contribution is 0.0926. The highest BCUT2D eigenvalue weighted by Gasteiger charge is 2.25. The summed E-state index contributed by atoms with van der Waals surface area (Å²) in [4.78, 5) is 15.9. The Morgan fingerprint density at radius 2 is 2.26 bits per heavy atom. The molecule has 3 N–H and O–H groups in total. The quantitative estimate of drug-likeness (QED) is 0.762. The van der Waals surface area contributed by atoms with E-state index in [9.17, 15) is 9.90 Å². The van der Waals surface area contributed by atoms with E-state index in [4.69, 9.17) is 0 Å². The van der Waals surface area contributed by atoms with Crippen molar-refractivity contribution < 1.29 is 9.90 Å². The van der Waals surface area contributed by atoms with E-state index in [0.717, 1.165) is 12.2 Å². The third kappa shape index (κ3) is 4.62. The minimum absolute atomic E-state index is 0. The Bertz CT molecular complexity index is 418. The zero-order valence-electron chi connectivity index (χ0n) is 10.6. The molecule has 19 heavy (non-hydrogen) atoms. The lowest BCUT2D eigenvalue weighted by Crippen LogP contribution is -2.34. The number of carbonyl (C=O) groups is 1. The Morgan fingerprint density at radius 1 is 1.53 bits per heavy atom. The first-order valence-electron chi connectivity index (χ1n) is 5.77. The van der Waals surface area contributed by atoms with E-state index in [-0.39, 0.29) is 42.7 Å². The van der Waals surface area contributed by atoms with Gasteiger partial charge >= 0.3 is 0 Å². The van der Waals surface area contributed by atoms with E-state index < -0.39 is 0 Å². The topological polar surface area (TPSA) is 74.2 Å². The summed E-state index contributed by atoms with van der Waals surface area (Å²) in [5.74, 6) is -0.0365. The Labute approximate surface area is 125 Å². The molecule has 2 rings (SSSR count). The first-order chi connectivity index (χ1) is 8.18. The van der Waals surface area contributed by atoms with Crippen molar-refractivity contribution in [2.75, 3.05) is 19.6 Å². The van der Waals surface area contributed by atoms with Gasteiger partial charge in [0.25, 0.3) is 5.91 Å². The van der Waals surface area contributed by atoms with Gasteiger partial charge in [0.05, 0.1) is 11.7 Å². The lowest BCUT2D eigenvalue weighted by Gasteiger charge is -2.14. The summed E-state index contributed by atoms with van der Waals surface area (Å²) in [7, 11) is 0. The average molecular weight is 308 g/mol. The van der Waals surface area contributed by atoms with Gasteiger partial charge in [0, 0.05) is 37.4 Å². The minimum atomic E-state index is -0.370. The van der Waals surface area contributed by atoms with Crippen molar-refractivity contribution in [3.63, 3.8) is 0 Å². The number of aromatic nitrogens is 1. The monoisotopic (exact) mass is 307 g/mol. The molecule has 2 atom stereocenters. The van der Waals surface area contributed by atoms with Crippen LogP contribution in [0.4, 0.5) is 0 Å². The highest BCUT2D eigenvalue weighted by molar-refractivity contribution is 5.95. The first kappa shape index (κ1) is 18.1. The van der Waals surface area contributed by atoms with Crippen LogP contribution in [0.1, 0.15) is 16.1 Å². The molecule has 5 nitrogen and oxygen atoms in total. The van der Waals surface area contributed by atoms with Crippen LogP contribution in [0.15, 0.2) is 18.3 Å². The molecule has 1 aromatic heterocycles. The fourth-order valence-electron chi connectivity index (χ4n) is 1.97. The second kappa shape index (κ2) is 8.32. The highest BCUT2D eigenvalue weighted by atomic mass is 35.5. The van der Waals surface area contributed by atoms with E-state index in [1.807, 2.05) is 0 Å². The van der Waals surface area contributed by atoms with Crippen LogP contribution in [0, 0.1) is 12.8 Å². The fourth-order valence-corrected chi connectivity index (χ4v) is 1.97. The molecule has 2 unspecified atom stereocenters. The first-order valence-corrected chi connectivity index (χ1v) is 5.77. The maximum Gasteiger partial charge on any atom is 0.253 e. The molecule has 0 bridgehead atoms. The van der Waals surface area contributed by atoms with Crippen molar-refractivity contribution in [2.24, 2.45) is 5.92 Å². The van der Waals surface area contributed by atoms with Crippen molar-refractivity contribution in [1.82, 2.24) is 15.6 Å². The molecule has 0 radical (unpaired) electrons. The molecular formula is C12H19Cl2N3O2. The number of nitrogens with one attached hydrogen (secondary N) is 2. The highest BCUT2D eigenvalue weighted by Crippen LogP contribution is 2.08. The number of aliphatic hydroxyl groups is 1. The minimum Gasteiger partial charge on any atom is -0.391 e. The SMILES string of the molecule is Cc1ncccc1C(=O)NCC1CNCC1O.Cl.Cl. The van der Waals surface area contributed by atoms with Gasteiger partial charge in [-0.15, -0.1) is 24.8 Å². The van der Waals surface area contributed by atoms with Gasteiger partial charge in [-0.2, -0.15) is 0 Å². The normalized spacial score (nSPS) is 21.2. The summed E-state index contributed by atoms with van der Waals surface area (Å²) in [6, 6.07) is 3.49. The molecule has 0 aliphatic carbocycles. The molecule has 1 aromatic rings.